The first-order valence-corrected chi connectivity index (χ1v) is 10.3. The third kappa shape index (κ3) is 6.37. The molecule has 0 spiro atoms. The summed E-state index contributed by atoms with van der Waals surface area (Å²) in [6, 6.07) is 17.6. The van der Waals surface area contributed by atoms with Crippen LogP contribution in [0, 0.1) is 6.92 Å². The maximum atomic E-state index is 6.49. The quantitative estimate of drug-likeness (QED) is 0.427. The molecule has 0 aliphatic heterocycles. The van der Waals surface area contributed by atoms with E-state index in [9.17, 15) is 0 Å². The van der Waals surface area contributed by atoms with Crippen LogP contribution < -0.4 is 19.5 Å². The molecule has 0 aliphatic carbocycles. The zero-order chi connectivity index (χ0) is 21.2. The van der Waals surface area contributed by atoms with Crippen LogP contribution in [0.15, 0.2) is 60.8 Å². The van der Waals surface area contributed by atoms with Gasteiger partial charge in [0.1, 0.15) is 6.61 Å². The molecule has 2 aromatic carbocycles. The second-order valence-corrected chi connectivity index (χ2v) is 7.28. The fourth-order valence-electron chi connectivity index (χ4n) is 2.98. The lowest BCUT2D eigenvalue weighted by Crippen LogP contribution is -2.17. The highest BCUT2D eigenvalue weighted by atomic mass is 35.5. The molecular weight excluding hydrogens is 400 g/mol. The highest BCUT2D eigenvalue weighted by Gasteiger charge is 2.13. The van der Waals surface area contributed by atoms with Gasteiger partial charge < -0.3 is 19.5 Å². The van der Waals surface area contributed by atoms with Gasteiger partial charge in [-0.3, -0.25) is 0 Å². The highest BCUT2D eigenvalue weighted by molar-refractivity contribution is 6.32. The van der Waals surface area contributed by atoms with E-state index >= 15 is 0 Å². The molecule has 0 bridgehead atoms. The number of aromatic nitrogens is 1. The average Bonchev–Trinajstić information content (AvgIpc) is 2.77. The summed E-state index contributed by atoms with van der Waals surface area (Å²) in [5.41, 5.74) is 3.33. The van der Waals surface area contributed by atoms with Crippen molar-refractivity contribution in [1.82, 2.24) is 10.3 Å². The number of hydrogen-bond donors (Lipinski definition) is 1. The minimum atomic E-state index is 0.441. The molecule has 158 valence electrons. The molecule has 0 saturated heterocycles. The normalized spacial score (nSPS) is 10.6. The molecule has 0 unspecified atom stereocenters. The van der Waals surface area contributed by atoms with Crippen LogP contribution in [0.25, 0.3) is 0 Å². The number of hydrogen-bond acceptors (Lipinski definition) is 5. The van der Waals surface area contributed by atoms with E-state index in [1.807, 2.05) is 48.5 Å². The zero-order valence-electron chi connectivity index (χ0n) is 17.4. The Kier molecular flexibility index (Phi) is 8.36. The van der Waals surface area contributed by atoms with Gasteiger partial charge in [-0.15, -0.1) is 0 Å². The van der Waals surface area contributed by atoms with Crippen molar-refractivity contribution in [1.29, 1.82) is 0 Å². The van der Waals surface area contributed by atoms with Gasteiger partial charge in [-0.05, 0) is 54.8 Å². The van der Waals surface area contributed by atoms with E-state index in [0.717, 1.165) is 24.1 Å². The monoisotopic (exact) mass is 426 g/mol. The summed E-state index contributed by atoms with van der Waals surface area (Å²) in [5, 5.41) is 3.94. The molecule has 0 amide bonds. The van der Waals surface area contributed by atoms with Gasteiger partial charge in [0.2, 0.25) is 5.88 Å². The van der Waals surface area contributed by atoms with E-state index in [4.69, 9.17) is 25.8 Å². The molecule has 6 heteroatoms. The van der Waals surface area contributed by atoms with Gasteiger partial charge in [0.05, 0.1) is 18.7 Å². The largest absolute Gasteiger partial charge is 0.493 e. The second-order valence-electron chi connectivity index (χ2n) is 6.87. The number of benzene rings is 2. The number of nitrogens with one attached hydrogen (secondary N) is 1. The van der Waals surface area contributed by atoms with E-state index in [-0.39, 0.29) is 0 Å². The Bertz CT molecular complexity index is 935. The molecule has 0 atom stereocenters. The molecule has 1 heterocycles. The molecule has 5 nitrogen and oxygen atoms in total. The molecule has 1 aromatic heterocycles. The number of halogens is 1. The van der Waals surface area contributed by atoms with Crippen molar-refractivity contribution in [2.24, 2.45) is 0 Å². The van der Waals surface area contributed by atoms with E-state index in [0.29, 0.717) is 42.2 Å². The van der Waals surface area contributed by atoms with Crippen molar-refractivity contribution in [3.8, 4) is 17.4 Å². The number of nitrogens with zero attached hydrogens (tertiary/aromatic N) is 1. The predicted molar refractivity (Wildman–Crippen MR) is 120 cm³/mol. The molecule has 0 fully saturated rings. The summed E-state index contributed by atoms with van der Waals surface area (Å²) in [5.74, 6) is 1.84. The fraction of sp³-hybridized carbons (Fsp3) is 0.292. The van der Waals surface area contributed by atoms with E-state index < -0.39 is 0 Å². The van der Waals surface area contributed by atoms with Gasteiger partial charge in [0, 0.05) is 18.8 Å². The Morgan fingerprint density at radius 1 is 1.03 bits per heavy atom. The summed E-state index contributed by atoms with van der Waals surface area (Å²) >= 11 is 6.49. The lowest BCUT2D eigenvalue weighted by Gasteiger charge is -2.15. The molecule has 1 N–H and O–H groups in total. The average molecular weight is 427 g/mol. The van der Waals surface area contributed by atoms with Crippen LogP contribution in [0.1, 0.15) is 23.1 Å². The molecule has 0 aliphatic rings. The van der Waals surface area contributed by atoms with Crippen LogP contribution in [0.3, 0.4) is 0 Å². The maximum absolute atomic E-state index is 6.49. The first kappa shape index (κ1) is 21.9. The van der Waals surface area contributed by atoms with Crippen molar-refractivity contribution < 1.29 is 14.2 Å². The van der Waals surface area contributed by atoms with Gasteiger partial charge in [-0.25, -0.2) is 4.98 Å². The van der Waals surface area contributed by atoms with Crippen molar-refractivity contribution in [3.63, 3.8) is 0 Å². The first-order valence-electron chi connectivity index (χ1n) is 9.95. The van der Waals surface area contributed by atoms with Gasteiger partial charge in [0.15, 0.2) is 11.5 Å². The second kappa shape index (κ2) is 11.4. The van der Waals surface area contributed by atoms with Crippen LogP contribution in [0.2, 0.25) is 5.02 Å². The molecule has 30 heavy (non-hydrogen) atoms. The summed E-state index contributed by atoms with van der Waals surface area (Å²) < 4.78 is 17.1. The van der Waals surface area contributed by atoms with Crippen LogP contribution in [0.4, 0.5) is 0 Å². The predicted octanol–water partition coefficient (Wildman–Crippen LogP) is 5.19. The standard InChI is InChI=1S/C24H27ClN2O3/c1-18-8-3-4-9-20(18)17-30-24-21(25)14-19(15-22(24)28-2)16-26-11-7-13-29-23-10-5-6-12-27-23/h3-6,8-10,12,14-15,26H,7,11,13,16-17H2,1-2H3. The van der Waals surface area contributed by atoms with Crippen molar-refractivity contribution >= 4 is 11.6 Å². The summed E-state index contributed by atoms with van der Waals surface area (Å²) in [6.45, 7) is 4.61. The third-order valence-corrected chi connectivity index (χ3v) is 4.92. The number of rotatable bonds is 11. The molecule has 0 radical (unpaired) electrons. The van der Waals surface area contributed by atoms with Crippen LogP contribution >= 0.6 is 11.6 Å². The summed E-state index contributed by atoms with van der Waals surface area (Å²) in [6.07, 6.45) is 2.60. The first-order chi connectivity index (χ1) is 14.7. The van der Waals surface area contributed by atoms with E-state index in [1.54, 1.807) is 13.3 Å². The molecular formula is C24H27ClN2O3. The van der Waals surface area contributed by atoms with Crippen LogP contribution in [0.5, 0.6) is 17.4 Å². The van der Waals surface area contributed by atoms with Crippen molar-refractivity contribution in [2.45, 2.75) is 26.5 Å². The Hall–Kier alpha value is -2.76. The lowest BCUT2D eigenvalue weighted by atomic mass is 10.1. The molecule has 3 aromatic rings. The smallest absolute Gasteiger partial charge is 0.213 e. The SMILES string of the molecule is COc1cc(CNCCCOc2ccccn2)cc(Cl)c1OCc1ccccc1C. The van der Waals surface area contributed by atoms with Crippen molar-refractivity contribution in [2.75, 3.05) is 20.3 Å². The van der Waals surface area contributed by atoms with E-state index in [2.05, 4.69) is 23.3 Å². The summed E-state index contributed by atoms with van der Waals surface area (Å²) in [7, 11) is 1.62. The van der Waals surface area contributed by atoms with Gasteiger partial charge >= 0.3 is 0 Å². The summed E-state index contributed by atoms with van der Waals surface area (Å²) in [4.78, 5) is 4.14. The minimum Gasteiger partial charge on any atom is -0.493 e. The Balaban J connectivity index is 1.49. The molecule has 3 rings (SSSR count). The lowest BCUT2D eigenvalue weighted by molar-refractivity contribution is 0.284. The molecule has 0 saturated carbocycles. The minimum absolute atomic E-state index is 0.441. The van der Waals surface area contributed by atoms with Crippen LogP contribution in [-0.2, 0) is 13.2 Å². The van der Waals surface area contributed by atoms with Gasteiger partial charge in [-0.1, -0.05) is 41.9 Å². The Morgan fingerprint density at radius 2 is 1.87 bits per heavy atom. The van der Waals surface area contributed by atoms with Gasteiger partial charge in [-0.2, -0.15) is 0 Å². The fourth-order valence-corrected chi connectivity index (χ4v) is 3.26. The Morgan fingerprint density at radius 3 is 2.63 bits per heavy atom. The Labute approximate surface area is 183 Å². The maximum Gasteiger partial charge on any atom is 0.213 e. The highest BCUT2D eigenvalue weighted by Crippen LogP contribution is 2.37. The number of pyridine rings is 1. The number of methoxy groups -OCH3 is 1. The van der Waals surface area contributed by atoms with Crippen LogP contribution in [-0.4, -0.2) is 25.2 Å². The van der Waals surface area contributed by atoms with Crippen molar-refractivity contribution in [3.05, 3.63) is 82.5 Å². The van der Waals surface area contributed by atoms with E-state index in [1.165, 1.54) is 5.56 Å². The zero-order valence-corrected chi connectivity index (χ0v) is 18.1. The number of ether oxygens (including phenoxy) is 3. The third-order valence-electron chi connectivity index (χ3n) is 4.64. The topological polar surface area (TPSA) is 52.6 Å². The number of aryl methyl sites for hydroxylation is 1. The van der Waals surface area contributed by atoms with Gasteiger partial charge in [0.25, 0.3) is 0 Å².